The Morgan fingerprint density at radius 1 is 0.667 bits per heavy atom. The first-order valence-corrected chi connectivity index (χ1v) is 9.39. The quantitative estimate of drug-likeness (QED) is 0.281. The zero-order chi connectivity index (χ0) is 15.8. The van der Waals surface area contributed by atoms with Crippen LogP contribution in [-0.4, -0.2) is 16.0 Å². The van der Waals surface area contributed by atoms with Crippen molar-refractivity contribution in [1.82, 2.24) is 0 Å². The van der Waals surface area contributed by atoms with E-state index in [1.54, 1.807) is 0 Å². The fourth-order valence-electron chi connectivity index (χ4n) is 2.73. The molecule has 0 heterocycles. The molecule has 1 radical (unpaired) electrons. The molecule has 127 valence electrons. The minimum Gasteiger partial charge on any atom is -0.366 e. The third-order valence-corrected chi connectivity index (χ3v) is 4.19. The molecule has 2 heteroatoms. The Morgan fingerprint density at radius 3 is 1.52 bits per heavy atom. The Hall–Kier alpha value is -0.0800. The van der Waals surface area contributed by atoms with E-state index in [9.17, 15) is 10.2 Å². The van der Waals surface area contributed by atoms with E-state index in [0.29, 0.717) is 12.8 Å². The summed E-state index contributed by atoms with van der Waals surface area (Å²) in [5.74, 6) is -1.46. The third-order valence-electron chi connectivity index (χ3n) is 4.19. The predicted molar refractivity (Wildman–Crippen MR) is 92.1 cm³/mol. The second-order valence-corrected chi connectivity index (χ2v) is 6.52. The lowest BCUT2D eigenvalue weighted by Gasteiger charge is -2.21. The van der Waals surface area contributed by atoms with Crippen LogP contribution in [-0.2, 0) is 0 Å². The minimum atomic E-state index is -1.46. The molecule has 0 aliphatic heterocycles. The van der Waals surface area contributed by atoms with Gasteiger partial charge in [0.05, 0.1) is 0 Å². The van der Waals surface area contributed by atoms with Gasteiger partial charge in [-0.2, -0.15) is 0 Å². The molecule has 0 spiro atoms. The molecule has 0 bridgehead atoms. The van der Waals surface area contributed by atoms with Gasteiger partial charge in [-0.3, -0.25) is 0 Å². The van der Waals surface area contributed by atoms with Crippen molar-refractivity contribution < 1.29 is 10.2 Å². The van der Waals surface area contributed by atoms with Crippen LogP contribution < -0.4 is 0 Å². The second-order valence-electron chi connectivity index (χ2n) is 6.52. The van der Waals surface area contributed by atoms with Gasteiger partial charge in [0.25, 0.3) is 0 Å². The molecule has 0 aliphatic rings. The second kappa shape index (κ2) is 14.8. The molecule has 0 saturated carbocycles. The maximum Gasteiger partial charge on any atom is 0.162 e. The molecule has 0 atom stereocenters. The smallest absolute Gasteiger partial charge is 0.162 e. The summed E-state index contributed by atoms with van der Waals surface area (Å²) in [5.41, 5.74) is 0. The number of aliphatic hydroxyl groups is 2. The van der Waals surface area contributed by atoms with Crippen molar-refractivity contribution in [3.8, 4) is 0 Å². The summed E-state index contributed by atoms with van der Waals surface area (Å²) in [6, 6.07) is 0. The largest absolute Gasteiger partial charge is 0.366 e. The highest BCUT2D eigenvalue weighted by molar-refractivity contribution is 4.74. The van der Waals surface area contributed by atoms with Crippen LogP contribution in [0.2, 0.25) is 0 Å². The van der Waals surface area contributed by atoms with Gasteiger partial charge in [-0.25, -0.2) is 0 Å². The highest BCUT2D eigenvalue weighted by Gasteiger charge is 2.20. The maximum absolute atomic E-state index is 9.73. The Balaban J connectivity index is 3.18. The first-order valence-electron chi connectivity index (χ1n) is 9.39. The van der Waals surface area contributed by atoms with Crippen LogP contribution in [0.1, 0.15) is 110 Å². The Kier molecular flexibility index (Phi) is 14.8. The van der Waals surface area contributed by atoms with Crippen LogP contribution in [0, 0.1) is 6.42 Å². The zero-order valence-corrected chi connectivity index (χ0v) is 14.6. The van der Waals surface area contributed by atoms with Crippen LogP contribution in [0.4, 0.5) is 0 Å². The molecular weight excluding hydrogens is 260 g/mol. The van der Waals surface area contributed by atoms with Crippen LogP contribution in [0.5, 0.6) is 0 Å². The highest BCUT2D eigenvalue weighted by atomic mass is 16.5. The summed E-state index contributed by atoms with van der Waals surface area (Å²) in [6.45, 7) is 4.29. The first-order chi connectivity index (χ1) is 10.1. The molecule has 0 unspecified atom stereocenters. The molecular formula is C19H39O2. The zero-order valence-electron chi connectivity index (χ0n) is 14.6. The van der Waals surface area contributed by atoms with Crippen molar-refractivity contribution in [3.63, 3.8) is 0 Å². The third kappa shape index (κ3) is 16.1. The van der Waals surface area contributed by atoms with Crippen molar-refractivity contribution in [2.45, 2.75) is 116 Å². The Morgan fingerprint density at radius 2 is 1.10 bits per heavy atom. The first kappa shape index (κ1) is 20.9. The molecule has 2 N–H and O–H groups in total. The molecule has 0 aliphatic carbocycles. The summed E-state index contributed by atoms with van der Waals surface area (Å²) >= 11 is 0. The monoisotopic (exact) mass is 299 g/mol. The van der Waals surface area contributed by atoms with Crippen molar-refractivity contribution in [2.24, 2.45) is 0 Å². The summed E-state index contributed by atoms with van der Waals surface area (Å²) in [5, 5.41) is 19.5. The van der Waals surface area contributed by atoms with E-state index in [1.807, 2.05) is 13.3 Å². The van der Waals surface area contributed by atoms with Crippen LogP contribution >= 0.6 is 0 Å². The van der Waals surface area contributed by atoms with E-state index >= 15 is 0 Å². The number of hydrogen-bond acceptors (Lipinski definition) is 2. The van der Waals surface area contributed by atoms with Gasteiger partial charge in [0.1, 0.15) is 0 Å². The number of unbranched alkanes of at least 4 members (excludes halogenated alkanes) is 12. The summed E-state index contributed by atoms with van der Waals surface area (Å²) in [4.78, 5) is 0. The van der Waals surface area contributed by atoms with Gasteiger partial charge in [-0.05, 0) is 12.8 Å². The van der Waals surface area contributed by atoms with Crippen molar-refractivity contribution >= 4 is 0 Å². The molecule has 21 heavy (non-hydrogen) atoms. The highest BCUT2D eigenvalue weighted by Crippen LogP contribution is 2.19. The van der Waals surface area contributed by atoms with E-state index < -0.39 is 5.79 Å². The topological polar surface area (TPSA) is 40.5 Å². The lowest BCUT2D eigenvalue weighted by Crippen LogP contribution is -2.27. The van der Waals surface area contributed by atoms with Crippen LogP contribution in [0.3, 0.4) is 0 Å². The fraction of sp³-hybridized carbons (Fsp3) is 0.947. The van der Waals surface area contributed by atoms with Crippen LogP contribution in [0.15, 0.2) is 0 Å². The van der Waals surface area contributed by atoms with Crippen molar-refractivity contribution in [1.29, 1.82) is 0 Å². The summed E-state index contributed by atoms with van der Waals surface area (Å²) in [7, 11) is 0. The lowest BCUT2D eigenvalue weighted by molar-refractivity contribution is -0.165. The summed E-state index contributed by atoms with van der Waals surface area (Å²) < 4.78 is 0. The normalized spacial score (nSPS) is 12.0. The number of hydrogen-bond donors (Lipinski definition) is 2. The fourth-order valence-corrected chi connectivity index (χ4v) is 2.73. The minimum absolute atomic E-state index is 0.404. The average molecular weight is 300 g/mol. The standard InChI is InChI=1S/C19H39O2/c1-3-5-7-8-9-10-11-12-13-14-15-16-18-19(20,21)17-6-4-2/h6,20-21H,3-5,7-18H2,1-2H3. The van der Waals surface area contributed by atoms with Crippen molar-refractivity contribution in [3.05, 3.63) is 6.42 Å². The SMILES string of the molecule is CC[CH]CC(O)(O)CCCCCCCCCCCCCC. The van der Waals surface area contributed by atoms with Gasteiger partial charge < -0.3 is 10.2 Å². The molecule has 0 rings (SSSR count). The molecule has 0 aromatic rings. The van der Waals surface area contributed by atoms with E-state index in [1.165, 1.54) is 64.2 Å². The maximum atomic E-state index is 9.73. The van der Waals surface area contributed by atoms with E-state index in [4.69, 9.17) is 0 Å². The van der Waals surface area contributed by atoms with Gasteiger partial charge in [0.2, 0.25) is 0 Å². The Labute approximate surface area is 133 Å². The van der Waals surface area contributed by atoms with E-state index in [0.717, 1.165) is 19.3 Å². The number of rotatable bonds is 16. The van der Waals surface area contributed by atoms with E-state index in [2.05, 4.69) is 6.92 Å². The van der Waals surface area contributed by atoms with E-state index in [-0.39, 0.29) is 0 Å². The average Bonchev–Trinajstić information content (AvgIpc) is 2.46. The van der Waals surface area contributed by atoms with Gasteiger partial charge in [-0.1, -0.05) is 90.9 Å². The molecule has 0 aromatic carbocycles. The molecule has 0 aromatic heterocycles. The molecule has 0 fully saturated rings. The predicted octanol–water partition coefficient (Wildman–Crippen LogP) is 5.76. The molecule has 2 nitrogen and oxygen atoms in total. The Bertz CT molecular complexity index is 202. The van der Waals surface area contributed by atoms with Gasteiger partial charge >= 0.3 is 0 Å². The van der Waals surface area contributed by atoms with Gasteiger partial charge in [0.15, 0.2) is 5.79 Å². The van der Waals surface area contributed by atoms with Crippen LogP contribution in [0.25, 0.3) is 0 Å². The molecule has 0 amide bonds. The summed E-state index contributed by atoms with van der Waals surface area (Å²) in [6.07, 6.45) is 19.5. The van der Waals surface area contributed by atoms with Gasteiger partial charge in [-0.15, -0.1) is 0 Å². The van der Waals surface area contributed by atoms with Gasteiger partial charge in [0, 0.05) is 12.8 Å². The van der Waals surface area contributed by atoms with Crippen molar-refractivity contribution in [2.75, 3.05) is 0 Å². The lowest BCUT2D eigenvalue weighted by atomic mass is 10.0. The molecule has 0 saturated heterocycles.